The molecule has 5 nitrogen and oxygen atoms in total. The predicted molar refractivity (Wildman–Crippen MR) is 121 cm³/mol. The molecule has 1 atom stereocenters. The third-order valence-electron chi connectivity index (χ3n) is 8.35. The highest BCUT2D eigenvalue weighted by molar-refractivity contribution is 5.79. The Balaban J connectivity index is 1.11. The summed E-state index contributed by atoms with van der Waals surface area (Å²) in [5, 5.41) is 9.11. The van der Waals surface area contributed by atoms with Crippen LogP contribution in [0.15, 0.2) is 24.3 Å². The molecule has 1 aromatic carbocycles. The molecule has 0 N–H and O–H groups in total. The summed E-state index contributed by atoms with van der Waals surface area (Å²) in [5.74, 6) is 0.654. The van der Waals surface area contributed by atoms with Crippen LogP contribution in [0.1, 0.15) is 49.7 Å². The molecule has 166 valence electrons. The van der Waals surface area contributed by atoms with E-state index in [1.807, 2.05) is 4.90 Å². The Kier molecular flexibility index (Phi) is 6.29. The number of rotatable bonds is 3. The van der Waals surface area contributed by atoms with Crippen LogP contribution in [-0.4, -0.2) is 72.0 Å². The highest BCUT2D eigenvalue weighted by Gasteiger charge is 2.36. The average Bonchev–Trinajstić information content (AvgIpc) is 3.28. The molecule has 0 radical (unpaired) electrons. The maximum absolute atomic E-state index is 13.1. The smallest absolute Gasteiger partial charge is 0.226 e. The highest BCUT2D eigenvalue weighted by atomic mass is 16.2. The normalized spacial score (nSPS) is 27.2. The highest BCUT2D eigenvalue weighted by Crippen LogP contribution is 2.30. The van der Waals surface area contributed by atoms with Crippen LogP contribution in [0.4, 0.5) is 0 Å². The molecule has 3 saturated heterocycles. The first-order valence-corrected chi connectivity index (χ1v) is 12.4. The second kappa shape index (κ2) is 9.30. The van der Waals surface area contributed by atoms with Gasteiger partial charge >= 0.3 is 0 Å². The molecule has 5 heteroatoms. The molecule has 0 unspecified atom stereocenters. The lowest BCUT2D eigenvalue weighted by molar-refractivity contribution is -0.139. The van der Waals surface area contributed by atoms with Gasteiger partial charge in [0, 0.05) is 37.6 Å². The van der Waals surface area contributed by atoms with Crippen LogP contribution in [0.2, 0.25) is 0 Å². The summed E-state index contributed by atoms with van der Waals surface area (Å²) in [7, 11) is 0. The molecular weight excluding hydrogens is 384 g/mol. The number of hydrogen-bond acceptors (Lipinski definition) is 4. The van der Waals surface area contributed by atoms with E-state index < -0.39 is 0 Å². The first kappa shape index (κ1) is 21.0. The fourth-order valence-corrected chi connectivity index (χ4v) is 6.44. The van der Waals surface area contributed by atoms with Crippen molar-refractivity contribution in [3.63, 3.8) is 0 Å². The zero-order valence-electron chi connectivity index (χ0n) is 18.7. The molecule has 0 bridgehead atoms. The van der Waals surface area contributed by atoms with Crippen LogP contribution in [0, 0.1) is 23.2 Å². The fraction of sp³-hybridized carbons (Fsp3) is 0.692. The largest absolute Gasteiger partial charge is 0.342 e. The first-order chi connectivity index (χ1) is 15.2. The lowest BCUT2D eigenvalue weighted by Crippen LogP contribution is -2.53. The second-order valence-electron chi connectivity index (χ2n) is 10.2. The number of nitriles is 1. The fourth-order valence-electron chi connectivity index (χ4n) is 6.44. The van der Waals surface area contributed by atoms with Gasteiger partial charge in [0.1, 0.15) is 0 Å². The minimum Gasteiger partial charge on any atom is -0.342 e. The maximum atomic E-state index is 13.1. The van der Waals surface area contributed by atoms with Crippen molar-refractivity contribution in [2.24, 2.45) is 11.8 Å². The molecule has 1 amide bonds. The lowest BCUT2D eigenvalue weighted by atomic mass is 9.91. The van der Waals surface area contributed by atoms with Crippen LogP contribution in [0.5, 0.6) is 0 Å². The molecule has 0 saturated carbocycles. The van der Waals surface area contributed by atoms with Crippen LogP contribution >= 0.6 is 0 Å². The number of nitrogens with zero attached hydrogens (tertiary/aromatic N) is 4. The third-order valence-corrected chi connectivity index (χ3v) is 8.35. The van der Waals surface area contributed by atoms with Crippen molar-refractivity contribution in [1.29, 1.82) is 5.26 Å². The molecule has 0 spiro atoms. The summed E-state index contributed by atoms with van der Waals surface area (Å²) in [5.41, 5.74) is 3.09. The van der Waals surface area contributed by atoms with Crippen LogP contribution < -0.4 is 0 Å². The summed E-state index contributed by atoms with van der Waals surface area (Å²) < 4.78 is 0. The van der Waals surface area contributed by atoms with Crippen molar-refractivity contribution in [3.8, 4) is 6.07 Å². The van der Waals surface area contributed by atoms with Crippen molar-refractivity contribution in [2.45, 2.75) is 63.5 Å². The molecule has 0 aromatic heterocycles. The van der Waals surface area contributed by atoms with Crippen molar-refractivity contribution in [2.75, 3.05) is 39.3 Å². The van der Waals surface area contributed by atoms with Gasteiger partial charge in [-0.2, -0.15) is 5.26 Å². The van der Waals surface area contributed by atoms with E-state index in [1.54, 1.807) is 11.1 Å². The van der Waals surface area contributed by atoms with Gasteiger partial charge in [0.15, 0.2) is 0 Å². The molecular formula is C26H36N4O. The van der Waals surface area contributed by atoms with Gasteiger partial charge in [-0.1, -0.05) is 24.3 Å². The molecule has 3 fully saturated rings. The van der Waals surface area contributed by atoms with Gasteiger partial charge in [-0.25, -0.2) is 0 Å². The lowest BCUT2D eigenvalue weighted by Gasteiger charge is -2.44. The minimum atomic E-state index is 0.143. The minimum absolute atomic E-state index is 0.143. The Hall–Kier alpha value is -1.90. The molecule has 1 aromatic rings. The number of benzene rings is 1. The molecule has 1 aliphatic carbocycles. The number of hydrogen-bond donors (Lipinski definition) is 0. The van der Waals surface area contributed by atoms with Crippen LogP contribution in [0.25, 0.3) is 0 Å². The summed E-state index contributed by atoms with van der Waals surface area (Å²) in [6, 6.07) is 12.6. The zero-order valence-corrected chi connectivity index (χ0v) is 18.7. The molecule has 31 heavy (non-hydrogen) atoms. The SMILES string of the molecule is N#CC1CCN(C(=O)[C@H]2CCCN(C3CCN(C4Cc5ccccc5C4)CC3)C2)CC1. The molecule has 3 heterocycles. The van der Waals surface area contributed by atoms with E-state index in [0.29, 0.717) is 18.0 Å². The summed E-state index contributed by atoms with van der Waals surface area (Å²) in [6.45, 7) is 6.03. The Morgan fingerprint density at radius 1 is 0.839 bits per heavy atom. The third kappa shape index (κ3) is 4.52. The standard InChI is InChI=1S/C26H36N4O/c27-18-20-7-12-29(13-8-20)26(31)23-6-3-11-30(19-23)24-9-14-28(15-10-24)25-16-21-4-1-2-5-22(21)17-25/h1-2,4-5,20,23-25H,3,6-17,19H2/t23-/m0/s1. The number of carbonyl (C=O) groups is 1. The summed E-state index contributed by atoms with van der Waals surface area (Å²) in [6.07, 6.45) is 8.77. The summed E-state index contributed by atoms with van der Waals surface area (Å²) >= 11 is 0. The first-order valence-electron chi connectivity index (χ1n) is 12.4. The number of amides is 1. The van der Waals surface area contributed by atoms with E-state index in [4.69, 9.17) is 5.26 Å². The molecule has 3 aliphatic heterocycles. The van der Waals surface area contributed by atoms with Gasteiger partial charge in [-0.15, -0.1) is 0 Å². The van der Waals surface area contributed by atoms with Gasteiger partial charge in [-0.3, -0.25) is 14.6 Å². The van der Waals surface area contributed by atoms with Crippen molar-refractivity contribution in [3.05, 3.63) is 35.4 Å². The maximum Gasteiger partial charge on any atom is 0.226 e. The van der Waals surface area contributed by atoms with Crippen LogP contribution in [-0.2, 0) is 17.6 Å². The quantitative estimate of drug-likeness (QED) is 0.754. The van der Waals surface area contributed by atoms with Gasteiger partial charge in [-0.05, 0) is 82.1 Å². The Morgan fingerprint density at radius 2 is 1.52 bits per heavy atom. The monoisotopic (exact) mass is 420 g/mol. The van der Waals surface area contributed by atoms with E-state index in [1.165, 1.54) is 38.8 Å². The van der Waals surface area contributed by atoms with E-state index in [9.17, 15) is 4.79 Å². The van der Waals surface area contributed by atoms with Gasteiger partial charge in [0.2, 0.25) is 5.91 Å². The Labute approximate surface area is 187 Å². The average molecular weight is 421 g/mol. The second-order valence-corrected chi connectivity index (χ2v) is 10.2. The number of likely N-dealkylation sites (tertiary alicyclic amines) is 3. The summed E-state index contributed by atoms with van der Waals surface area (Å²) in [4.78, 5) is 20.5. The van der Waals surface area contributed by atoms with E-state index in [-0.39, 0.29) is 11.8 Å². The zero-order chi connectivity index (χ0) is 21.2. The van der Waals surface area contributed by atoms with E-state index >= 15 is 0 Å². The Bertz CT molecular complexity index is 792. The topological polar surface area (TPSA) is 50.6 Å². The van der Waals surface area contributed by atoms with E-state index in [0.717, 1.165) is 51.9 Å². The van der Waals surface area contributed by atoms with Gasteiger partial charge < -0.3 is 4.90 Å². The van der Waals surface area contributed by atoms with Crippen molar-refractivity contribution >= 4 is 5.91 Å². The van der Waals surface area contributed by atoms with Gasteiger partial charge in [0.05, 0.1) is 12.0 Å². The molecule has 5 rings (SSSR count). The molecule has 4 aliphatic rings. The van der Waals surface area contributed by atoms with Gasteiger partial charge in [0.25, 0.3) is 0 Å². The predicted octanol–water partition coefficient (Wildman–Crippen LogP) is 3.09. The van der Waals surface area contributed by atoms with Crippen LogP contribution in [0.3, 0.4) is 0 Å². The number of piperidine rings is 3. The number of fused-ring (bicyclic) bond motifs is 1. The Morgan fingerprint density at radius 3 is 2.16 bits per heavy atom. The van der Waals surface area contributed by atoms with Crippen molar-refractivity contribution in [1.82, 2.24) is 14.7 Å². The van der Waals surface area contributed by atoms with Crippen molar-refractivity contribution < 1.29 is 4.79 Å². The van der Waals surface area contributed by atoms with E-state index in [2.05, 4.69) is 40.1 Å². The number of carbonyl (C=O) groups excluding carboxylic acids is 1.